The third-order valence-electron chi connectivity index (χ3n) is 3.41. The number of benzene rings is 1. The average molecular weight is 279 g/mol. The molecule has 0 spiro atoms. The molecule has 1 N–H and O–H groups in total. The molecule has 1 aromatic carbocycles. The Morgan fingerprint density at radius 3 is 3.12 bits per heavy atom. The fraction of sp³-hybridized carbons (Fsp3) is 0.385. The number of nitrogens with one attached hydrogen (secondary N) is 1. The van der Waals surface area contributed by atoms with Gasteiger partial charge in [0.25, 0.3) is 0 Å². The number of aryl methyl sites for hydroxylation is 1. The van der Waals surface area contributed by atoms with Crippen LogP contribution < -0.4 is 5.32 Å². The summed E-state index contributed by atoms with van der Waals surface area (Å²) in [6, 6.07) is 6.62. The number of hydrogen-bond acceptors (Lipinski definition) is 1. The molecule has 0 saturated carbocycles. The van der Waals surface area contributed by atoms with E-state index in [1.165, 1.54) is 26.6 Å². The zero-order valence-corrected chi connectivity index (χ0v) is 11.0. The van der Waals surface area contributed by atoms with Gasteiger partial charge in [0.15, 0.2) is 0 Å². The SMILES string of the molecule is CCc1c2n(c3cc(Br)ccc13)CCNC2. The van der Waals surface area contributed by atoms with Crippen LogP contribution in [0.2, 0.25) is 0 Å². The molecule has 2 heterocycles. The fourth-order valence-corrected chi connectivity index (χ4v) is 3.05. The van der Waals surface area contributed by atoms with Gasteiger partial charge < -0.3 is 9.88 Å². The van der Waals surface area contributed by atoms with Crippen molar-refractivity contribution in [2.45, 2.75) is 26.4 Å². The van der Waals surface area contributed by atoms with E-state index in [4.69, 9.17) is 0 Å². The smallest absolute Gasteiger partial charge is 0.0497 e. The number of halogens is 1. The summed E-state index contributed by atoms with van der Waals surface area (Å²) in [6.45, 7) is 5.41. The summed E-state index contributed by atoms with van der Waals surface area (Å²) in [5.41, 5.74) is 4.36. The first-order chi connectivity index (χ1) is 7.81. The summed E-state index contributed by atoms with van der Waals surface area (Å²) < 4.78 is 3.64. The number of fused-ring (bicyclic) bond motifs is 3. The summed E-state index contributed by atoms with van der Waals surface area (Å²) >= 11 is 3.56. The quantitative estimate of drug-likeness (QED) is 0.849. The molecule has 0 saturated heterocycles. The van der Waals surface area contributed by atoms with E-state index in [0.29, 0.717) is 0 Å². The van der Waals surface area contributed by atoms with Crippen LogP contribution in [0.15, 0.2) is 22.7 Å². The zero-order valence-electron chi connectivity index (χ0n) is 9.39. The van der Waals surface area contributed by atoms with Gasteiger partial charge in [-0.1, -0.05) is 28.9 Å². The molecule has 3 rings (SSSR count). The molecule has 0 aliphatic carbocycles. The van der Waals surface area contributed by atoms with Gasteiger partial charge in [-0.05, 0) is 24.1 Å². The van der Waals surface area contributed by atoms with E-state index in [-0.39, 0.29) is 0 Å². The minimum Gasteiger partial charge on any atom is -0.342 e. The Labute approximate surface area is 104 Å². The van der Waals surface area contributed by atoms with Crippen LogP contribution in [-0.4, -0.2) is 11.1 Å². The summed E-state index contributed by atoms with van der Waals surface area (Å²) in [5.74, 6) is 0. The van der Waals surface area contributed by atoms with Crippen LogP contribution in [-0.2, 0) is 19.5 Å². The molecular formula is C13H15BrN2. The van der Waals surface area contributed by atoms with Crippen LogP contribution in [0.5, 0.6) is 0 Å². The van der Waals surface area contributed by atoms with E-state index in [9.17, 15) is 0 Å². The van der Waals surface area contributed by atoms with Crippen LogP contribution in [0.25, 0.3) is 10.9 Å². The van der Waals surface area contributed by atoms with Crippen molar-refractivity contribution >= 4 is 26.8 Å². The first-order valence-corrected chi connectivity index (χ1v) is 6.60. The summed E-state index contributed by atoms with van der Waals surface area (Å²) in [6.07, 6.45) is 1.11. The highest BCUT2D eigenvalue weighted by atomic mass is 79.9. The maximum atomic E-state index is 3.56. The highest BCUT2D eigenvalue weighted by molar-refractivity contribution is 9.10. The lowest BCUT2D eigenvalue weighted by atomic mass is 10.1. The van der Waals surface area contributed by atoms with Gasteiger partial charge in [0.05, 0.1) is 0 Å². The van der Waals surface area contributed by atoms with Gasteiger partial charge in [-0.25, -0.2) is 0 Å². The van der Waals surface area contributed by atoms with Gasteiger partial charge >= 0.3 is 0 Å². The summed E-state index contributed by atoms with van der Waals surface area (Å²) in [7, 11) is 0. The predicted molar refractivity (Wildman–Crippen MR) is 70.7 cm³/mol. The molecule has 0 bridgehead atoms. The van der Waals surface area contributed by atoms with Crippen LogP contribution in [0.1, 0.15) is 18.2 Å². The minimum absolute atomic E-state index is 1.01. The Morgan fingerprint density at radius 1 is 1.44 bits per heavy atom. The Morgan fingerprint density at radius 2 is 2.31 bits per heavy atom. The van der Waals surface area contributed by atoms with Crippen LogP contribution in [0.3, 0.4) is 0 Å². The third-order valence-corrected chi connectivity index (χ3v) is 3.90. The Balaban J connectivity index is 2.37. The Kier molecular flexibility index (Phi) is 2.52. The Hall–Kier alpha value is -0.800. The van der Waals surface area contributed by atoms with Crippen LogP contribution in [0.4, 0.5) is 0 Å². The molecule has 16 heavy (non-hydrogen) atoms. The lowest BCUT2D eigenvalue weighted by Crippen LogP contribution is -2.28. The monoisotopic (exact) mass is 278 g/mol. The molecule has 1 aliphatic heterocycles. The maximum absolute atomic E-state index is 3.56. The molecule has 2 nitrogen and oxygen atoms in total. The number of rotatable bonds is 1. The molecular weight excluding hydrogens is 264 g/mol. The van der Waals surface area contributed by atoms with E-state index in [2.05, 4.69) is 50.9 Å². The summed E-state index contributed by atoms with van der Waals surface area (Å²) in [5, 5.41) is 4.88. The second kappa shape index (κ2) is 3.90. The van der Waals surface area contributed by atoms with Gasteiger partial charge in [0, 0.05) is 40.7 Å². The lowest BCUT2D eigenvalue weighted by molar-refractivity contribution is 0.523. The molecule has 2 aromatic rings. The van der Waals surface area contributed by atoms with Crippen molar-refractivity contribution < 1.29 is 0 Å². The van der Waals surface area contributed by atoms with E-state index in [0.717, 1.165) is 26.1 Å². The molecule has 1 aromatic heterocycles. The molecule has 1 aliphatic rings. The lowest BCUT2D eigenvalue weighted by Gasteiger charge is -2.18. The highest BCUT2D eigenvalue weighted by Crippen LogP contribution is 2.30. The highest BCUT2D eigenvalue weighted by Gasteiger charge is 2.17. The second-order valence-electron chi connectivity index (χ2n) is 4.27. The van der Waals surface area contributed by atoms with Gasteiger partial charge in [-0.15, -0.1) is 0 Å². The molecule has 0 atom stereocenters. The maximum Gasteiger partial charge on any atom is 0.0497 e. The minimum atomic E-state index is 1.01. The predicted octanol–water partition coefficient (Wildman–Crippen LogP) is 3.07. The average Bonchev–Trinajstić information content (AvgIpc) is 2.62. The number of nitrogens with zero attached hydrogens (tertiary/aromatic N) is 1. The van der Waals surface area contributed by atoms with E-state index >= 15 is 0 Å². The van der Waals surface area contributed by atoms with Crippen molar-refractivity contribution in [2.75, 3.05) is 6.54 Å². The van der Waals surface area contributed by atoms with Gasteiger partial charge in [0.1, 0.15) is 0 Å². The molecule has 0 unspecified atom stereocenters. The topological polar surface area (TPSA) is 17.0 Å². The van der Waals surface area contributed by atoms with Crippen molar-refractivity contribution in [3.05, 3.63) is 33.9 Å². The first-order valence-electron chi connectivity index (χ1n) is 5.81. The van der Waals surface area contributed by atoms with Crippen molar-refractivity contribution in [3.8, 4) is 0 Å². The molecule has 84 valence electrons. The normalized spacial score (nSPS) is 15.4. The number of hydrogen-bond donors (Lipinski definition) is 1. The van der Waals surface area contributed by atoms with E-state index in [1.54, 1.807) is 0 Å². The van der Waals surface area contributed by atoms with Crippen molar-refractivity contribution in [1.29, 1.82) is 0 Å². The molecule has 0 fully saturated rings. The van der Waals surface area contributed by atoms with Crippen molar-refractivity contribution in [1.82, 2.24) is 9.88 Å². The van der Waals surface area contributed by atoms with Crippen LogP contribution in [0, 0.1) is 0 Å². The standard InChI is InChI=1S/C13H15BrN2/c1-2-10-11-4-3-9(14)7-12(11)16-6-5-15-8-13(10)16/h3-4,7,15H,2,5-6,8H2,1H3. The first kappa shape index (κ1) is 10.4. The largest absolute Gasteiger partial charge is 0.342 e. The van der Waals surface area contributed by atoms with Crippen molar-refractivity contribution in [3.63, 3.8) is 0 Å². The zero-order chi connectivity index (χ0) is 11.1. The molecule has 0 amide bonds. The van der Waals surface area contributed by atoms with E-state index in [1.807, 2.05) is 0 Å². The molecule has 0 radical (unpaired) electrons. The fourth-order valence-electron chi connectivity index (χ4n) is 2.70. The van der Waals surface area contributed by atoms with E-state index < -0.39 is 0 Å². The molecule has 3 heteroatoms. The van der Waals surface area contributed by atoms with Gasteiger partial charge in [-0.3, -0.25) is 0 Å². The number of aromatic nitrogens is 1. The summed E-state index contributed by atoms with van der Waals surface area (Å²) in [4.78, 5) is 0. The van der Waals surface area contributed by atoms with Crippen LogP contribution >= 0.6 is 15.9 Å². The van der Waals surface area contributed by atoms with Crippen molar-refractivity contribution in [2.24, 2.45) is 0 Å². The second-order valence-corrected chi connectivity index (χ2v) is 5.18. The van der Waals surface area contributed by atoms with Gasteiger partial charge in [-0.2, -0.15) is 0 Å². The van der Waals surface area contributed by atoms with Gasteiger partial charge in [0.2, 0.25) is 0 Å². The Bertz CT molecular complexity index is 542. The third kappa shape index (κ3) is 1.42.